The normalized spacial score (nSPS) is 44.7. The topological polar surface area (TPSA) is 21.3 Å². The minimum atomic E-state index is 0. The van der Waals surface area contributed by atoms with Crippen molar-refractivity contribution in [3.63, 3.8) is 0 Å². The van der Waals surface area contributed by atoms with Gasteiger partial charge < -0.3 is 10.1 Å². The summed E-state index contributed by atoms with van der Waals surface area (Å²) in [5.41, 5.74) is 0.472. The maximum Gasteiger partial charge on any atom is 0.0536 e. The van der Waals surface area contributed by atoms with Crippen molar-refractivity contribution in [3.05, 3.63) is 0 Å². The van der Waals surface area contributed by atoms with Gasteiger partial charge in [-0.25, -0.2) is 0 Å². The van der Waals surface area contributed by atoms with Crippen LogP contribution in [0.1, 0.15) is 6.92 Å². The molecule has 2 nitrogen and oxygen atoms in total. The Morgan fingerprint density at radius 3 is 3.10 bits per heavy atom. The van der Waals surface area contributed by atoms with Crippen LogP contribution >= 0.6 is 12.4 Å². The Kier molecular flexibility index (Phi) is 2.23. The van der Waals surface area contributed by atoms with Crippen molar-refractivity contribution in [2.24, 2.45) is 11.3 Å². The highest BCUT2D eigenvalue weighted by Crippen LogP contribution is 2.36. The lowest BCUT2D eigenvalue weighted by Gasteiger charge is -2.18. The van der Waals surface area contributed by atoms with E-state index in [0.29, 0.717) is 5.41 Å². The Hall–Kier alpha value is 0.210. The van der Waals surface area contributed by atoms with Crippen molar-refractivity contribution in [1.29, 1.82) is 0 Å². The van der Waals surface area contributed by atoms with Gasteiger partial charge in [-0.15, -0.1) is 12.4 Å². The summed E-state index contributed by atoms with van der Waals surface area (Å²) in [7, 11) is 0. The van der Waals surface area contributed by atoms with Crippen LogP contribution in [0.25, 0.3) is 0 Å². The van der Waals surface area contributed by atoms with Gasteiger partial charge in [0.25, 0.3) is 0 Å². The molecule has 0 radical (unpaired) electrons. The predicted octanol–water partition coefficient (Wildman–Crippen LogP) is 0.664. The molecule has 2 atom stereocenters. The maximum absolute atomic E-state index is 5.37. The first kappa shape index (κ1) is 8.31. The van der Waals surface area contributed by atoms with E-state index in [9.17, 15) is 0 Å². The molecule has 1 N–H and O–H groups in total. The summed E-state index contributed by atoms with van der Waals surface area (Å²) in [4.78, 5) is 0. The van der Waals surface area contributed by atoms with E-state index >= 15 is 0 Å². The first-order valence-corrected chi connectivity index (χ1v) is 3.60. The van der Waals surface area contributed by atoms with E-state index < -0.39 is 0 Å². The molecule has 60 valence electrons. The van der Waals surface area contributed by atoms with Crippen molar-refractivity contribution < 1.29 is 4.74 Å². The van der Waals surface area contributed by atoms with Gasteiger partial charge >= 0.3 is 0 Å². The van der Waals surface area contributed by atoms with Crippen molar-refractivity contribution in [1.82, 2.24) is 5.32 Å². The maximum atomic E-state index is 5.37. The number of ether oxygens (including phenoxy) is 1. The van der Waals surface area contributed by atoms with Gasteiger partial charge in [0.1, 0.15) is 0 Å². The molecule has 0 saturated carbocycles. The van der Waals surface area contributed by atoms with Gasteiger partial charge in [0.2, 0.25) is 0 Å². The van der Waals surface area contributed by atoms with E-state index in [1.165, 1.54) is 0 Å². The van der Waals surface area contributed by atoms with Crippen LogP contribution in [0.4, 0.5) is 0 Å². The molecule has 0 aromatic carbocycles. The molecule has 2 aliphatic rings. The van der Waals surface area contributed by atoms with E-state index in [1.807, 2.05) is 0 Å². The van der Waals surface area contributed by atoms with Crippen molar-refractivity contribution in [3.8, 4) is 0 Å². The smallest absolute Gasteiger partial charge is 0.0536 e. The average molecular weight is 164 g/mol. The molecule has 0 bridgehead atoms. The zero-order valence-electron chi connectivity index (χ0n) is 6.22. The lowest BCUT2D eigenvalue weighted by atomic mass is 9.84. The molecule has 3 heteroatoms. The fraction of sp³-hybridized carbons (Fsp3) is 1.00. The highest BCUT2D eigenvalue weighted by Gasteiger charge is 2.43. The number of halogens is 1. The summed E-state index contributed by atoms with van der Waals surface area (Å²) in [5.74, 6) is 0.789. The largest absolute Gasteiger partial charge is 0.380 e. The van der Waals surface area contributed by atoms with Gasteiger partial charge in [0.05, 0.1) is 13.2 Å². The van der Waals surface area contributed by atoms with Crippen LogP contribution in [0.15, 0.2) is 0 Å². The van der Waals surface area contributed by atoms with Crippen LogP contribution in [0.3, 0.4) is 0 Å². The van der Waals surface area contributed by atoms with Crippen LogP contribution in [0.2, 0.25) is 0 Å². The molecule has 2 aliphatic heterocycles. The first-order valence-electron chi connectivity index (χ1n) is 3.60. The van der Waals surface area contributed by atoms with Crippen molar-refractivity contribution in [2.45, 2.75) is 6.92 Å². The Morgan fingerprint density at radius 1 is 1.60 bits per heavy atom. The lowest BCUT2D eigenvalue weighted by molar-refractivity contribution is 0.158. The molecule has 0 spiro atoms. The standard InChI is InChI=1S/C7H13NO.ClH/c1-7-4-8-2-6(7)3-9-5-7;/h6,8H,2-5H2,1H3;1H. The van der Waals surface area contributed by atoms with Gasteiger partial charge in [-0.05, 0) is 0 Å². The quantitative estimate of drug-likeness (QED) is 0.567. The summed E-state index contributed by atoms with van der Waals surface area (Å²) < 4.78 is 5.37. The molecule has 2 rings (SSSR count). The van der Waals surface area contributed by atoms with Gasteiger partial charge in [0, 0.05) is 24.4 Å². The first-order chi connectivity index (χ1) is 4.31. The Balaban J connectivity index is 0.000000500. The summed E-state index contributed by atoms with van der Waals surface area (Å²) >= 11 is 0. The highest BCUT2D eigenvalue weighted by molar-refractivity contribution is 5.85. The molecule has 0 aromatic heterocycles. The van der Waals surface area contributed by atoms with E-state index in [2.05, 4.69) is 12.2 Å². The second kappa shape index (κ2) is 2.68. The molecule has 2 heterocycles. The molecule has 2 saturated heterocycles. The van der Waals surface area contributed by atoms with Gasteiger partial charge in [-0.3, -0.25) is 0 Å². The third-order valence-corrected chi connectivity index (χ3v) is 2.66. The predicted molar refractivity (Wildman–Crippen MR) is 42.5 cm³/mol. The SMILES string of the molecule is CC12CNCC1COC2.Cl. The monoisotopic (exact) mass is 163 g/mol. The highest BCUT2D eigenvalue weighted by atomic mass is 35.5. The van der Waals surface area contributed by atoms with Gasteiger partial charge in [-0.2, -0.15) is 0 Å². The van der Waals surface area contributed by atoms with E-state index in [0.717, 1.165) is 32.2 Å². The van der Waals surface area contributed by atoms with Crippen LogP contribution in [0, 0.1) is 11.3 Å². The van der Waals surface area contributed by atoms with Crippen LogP contribution in [0.5, 0.6) is 0 Å². The molecule has 2 fully saturated rings. The van der Waals surface area contributed by atoms with Crippen LogP contribution < -0.4 is 5.32 Å². The van der Waals surface area contributed by atoms with Crippen molar-refractivity contribution in [2.75, 3.05) is 26.3 Å². The second-order valence-electron chi connectivity index (χ2n) is 3.50. The molecule has 0 amide bonds. The molecule has 10 heavy (non-hydrogen) atoms. The number of hydrogen-bond donors (Lipinski definition) is 1. The zero-order valence-corrected chi connectivity index (χ0v) is 7.04. The third kappa shape index (κ3) is 1.04. The minimum absolute atomic E-state index is 0. The number of rotatable bonds is 0. The summed E-state index contributed by atoms with van der Waals surface area (Å²) in [6, 6.07) is 0. The molecule has 0 aliphatic carbocycles. The van der Waals surface area contributed by atoms with E-state index in [4.69, 9.17) is 4.74 Å². The van der Waals surface area contributed by atoms with E-state index in [-0.39, 0.29) is 12.4 Å². The van der Waals surface area contributed by atoms with E-state index in [1.54, 1.807) is 0 Å². The Bertz CT molecular complexity index is 119. The summed E-state index contributed by atoms with van der Waals surface area (Å²) in [6.07, 6.45) is 0. The number of nitrogens with one attached hydrogen (secondary N) is 1. The Morgan fingerprint density at radius 2 is 2.40 bits per heavy atom. The summed E-state index contributed by atoms with van der Waals surface area (Å²) in [5, 5.41) is 3.38. The molecule has 2 unspecified atom stereocenters. The average Bonchev–Trinajstić information content (AvgIpc) is 2.22. The summed E-state index contributed by atoms with van der Waals surface area (Å²) in [6.45, 7) is 6.56. The van der Waals surface area contributed by atoms with Gasteiger partial charge in [0.15, 0.2) is 0 Å². The molecular formula is C7H14ClNO. The lowest BCUT2D eigenvalue weighted by Crippen LogP contribution is -2.24. The van der Waals surface area contributed by atoms with Crippen LogP contribution in [-0.2, 0) is 4.74 Å². The molecular weight excluding hydrogens is 150 g/mol. The Labute approximate surface area is 67.7 Å². The fourth-order valence-electron chi connectivity index (χ4n) is 1.79. The minimum Gasteiger partial charge on any atom is -0.380 e. The van der Waals surface area contributed by atoms with Crippen molar-refractivity contribution >= 4 is 12.4 Å². The molecule has 0 aromatic rings. The number of fused-ring (bicyclic) bond motifs is 1. The second-order valence-corrected chi connectivity index (χ2v) is 3.50. The van der Waals surface area contributed by atoms with Crippen LogP contribution in [-0.4, -0.2) is 26.3 Å². The fourth-order valence-corrected chi connectivity index (χ4v) is 1.79. The van der Waals surface area contributed by atoms with Gasteiger partial charge in [-0.1, -0.05) is 6.92 Å². The zero-order chi connectivity index (χ0) is 6.32. The number of hydrogen-bond acceptors (Lipinski definition) is 2. The third-order valence-electron chi connectivity index (χ3n) is 2.66.